The molecule has 4 fully saturated rings. The van der Waals surface area contributed by atoms with Crippen LogP contribution < -0.4 is 93.5 Å². The maximum Gasteiger partial charge on any atom is 0.326 e. The summed E-state index contributed by atoms with van der Waals surface area (Å²) in [4.78, 5) is 221. The third-order valence-electron chi connectivity index (χ3n) is 21.0. The minimum atomic E-state index is -1.51. The van der Waals surface area contributed by atoms with E-state index in [0.29, 0.717) is 83.5 Å². The van der Waals surface area contributed by atoms with Crippen LogP contribution >= 0.6 is 0 Å². The van der Waals surface area contributed by atoms with E-state index in [0.717, 1.165) is 0 Å². The highest BCUT2D eigenvalue weighted by Crippen LogP contribution is 2.29. The van der Waals surface area contributed by atoms with E-state index in [9.17, 15) is 92.3 Å². The number of amides is 13. The van der Waals surface area contributed by atoms with Gasteiger partial charge >= 0.3 is 11.9 Å². The molecule has 28 N–H and O–H groups in total. The van der Waals surface area contributed by atoms with Crippen LogP contribution in [-0.4, -0.2) is 290 Å². The van der Waals surface area contributed by atoms with Gasteiger partial charge in [0.2, 0.25) is 70.9 Å². The van der Waals surface area contributed by atoms with Gasteiger partial charge in [-0.3, -0.25) is 72.3 Å². The topological polar surface area (TPSA) is 690 Å². The zero-order valence-corrected chi connectivity index (χ0v) is 67.7. The zero-order valence-electron chi connectivity index (χ0n) is 67.7. The Hall–Kier alpha value is -10.7. The van der Waals surface area contributed by atoms with Crippen molar-refractivity contribution < 1.29 is 92.3 Å². The van der Waals surface area contributed by atoms with Gasteiger partial charge < -0.3 is 128 Å². The summed E-state index contributed by atoms with van der Waals surface area (Å²) in [6.07, 6.45) is 5.14. The number of pyridine rings is 1. The Morgan fingerprint density at radius 2 is 0.864 bits per heavy atom. The summed E-state index contributed by atoms with van der Waals surface area (Å²) in [5.41, 5.74) is 35.5. The van der Waals surface area contributed by atoms with E-state index in [1.807, 2.05) is 0 Å². The number of nitrogens with one attached hydrogen (secondary N) is 10. The summed E-state index contributed by atoms with van der Waals surface area (Å²) in [5, 5.41) is 65.0. The summed E-state index contributed by atoms with van der Waals surface area (Å²) in [5.74, 6) is -5.39. The van der Waals surface area contributed by atoms with Gasteiger partial charge in [-0.15, -0.1) is 0 Å². The number of hydrogen-bond acceptors (Lipinski definition) is 24. The second-order valence-corrected chi connectivity index (χ2v) is 30.1. The number of unbranched alkanes of at least 4 members (excludes halogenated alkanes) is 6. The predicted molar refractivity (Wildman–Crippen MR) is 430 cm³/mol. The number of aliphatic carboxylic acids is 2. The molecule has 4 aliphatic heterocycles. The number of hydrazine groups is 1. The van der Waals surface area contributed by atoms with Crippen LogP contribution in [0.25, 0.3) is 0 Å². The average Bonchev–Trinajstić information content (AvgIpc) is 1.65. The number of aliphatic imine (C=N–C) groups is 2. The van der Waals surface area contributed by atoms with E-state index in [1.54, 1.807) is 0 Å². The molecule has 4 saturated heterocycles. The van der Waals surface area contributed by atoms with E-state index in [-0.39, 0.29) is 185 Å². The Kier molecular flexibility index (Phi) is 42.8. The van der Waals surface area contributed by atoms with Gasteiger partial charge in [-0.2, -0.15) is 0 Å². The molecule has 43 heteroatoms. The van der Waals surface area contributed by atoms with Gasteiger partial charge in [-0.05, 0) is 187 Å². The molecule has 1 aromatic rings. The van der Waals surface area contributed by atoms with Crippen molar-refractivity contribution in [3.63, 3.8) is 0 Å². The van der Waals surface area contributed by atoms with Crippen LogP contribution in [0.15, 0.2) is 28.3 Å². The standard InChI is InChI=1S/C75H126N24O19/c1-44(100)60(66(109)89-48(19-7-9-33-76)68(111)98-41-17-25-54(98)70(113)96-39-15-23-52(96)64(107)91-50(72(115)116)21-13-37-85-74(78)79)93-58(103)27-5-3-11-35-83-57(102)32-30-47(88-62(105)46-29-31-56(95-82)87-43-46)63(106)84-36-12-4-6-28-59(104)94-61(45(2)101)67(110)90-49(20-8-10-34-77)69(112)99-42-18-26-55(99)71(114)97-40-16-24-53(97)65(108)92-51(73(117)118)22-14-38-86-75(80)81/h29,31,43-45,47-55,60-61,100-101H,3-28,30,32-42,76-77,82H2,1-2H3,(H,83,102)(H,84,106)(H,87,95)(H,88,105)(H,89,109)(H,90,110)(H,91,107)(H,92,108)(H,93,103)(H,94,104)(H,115,116)(H,117,118)(H4,78,79,85)(H4,80,81,86). The number of nitrogens with two attached hydrogens (primary N) is 7. The predicted octanol–water partition coefficient (Wildman–Crippen LogP) is -5.23. The fourth-order valence-electron chi connectivity index (χ4n) is 14.6. The highest BCUT2D eigenvalue weighted by molar-refractivity contribution is 6.00. The molecular weight excluding hydrogens is 1540 g/mol. The molecule has 0 radical (unpaired) electrons. The third kappa shape index (κ3) is 32.3. The van der Waals surface area contributed by atoms with E-state index in [2.05, 4.69) is 68.2 Å². The Morgan fingerprint density at radius 3 is 1.25 bits per heavy atom. The first-order chi connectivity index (χ1) is 56.3. The minimum absolute atomic E-state index is 0.0160. The molecule has 0 aromatic carbocycles. The van der Waals surface area contributed by atoms with Crippen molar-refractivity contribution in [1.82, 2.24) is 72.4 Å². The molecule has 0 spiro atoms. The number of likely N-dealkylation sites (tertiary alicyclic amines) is 4. The fourth-order valence-corrected chi connectivity index (χ4v) is 14.6. The number of carbonyl (C=O) groups is 15. The molecule has 43 nitrogen and oxygen atoms in total. The number of carboxylic acid groups (broad SMARTS) is 2. The van der Waals surface area contributed by atoms with Crippen molar-refractivity contribution in [2.75, 3.05) is 70.9 Å². The summed E-state index contributed by atoms with van der Waals surface area (Å²) in [6.45, 7) is 4.32. The quantitative estimate of drug-likeness (QED) is 0.00953. The van der Waals surface area contributed by atoms with E-state index in [4.69, 9.17) is 40.2 Å². The maximum atomic E-state index is 14.4. The summed E-state index contributed by atoms with van der Waals surface area (Å²) in [7, 11) is 0. The number of guanidine groups is 2. The molecule has 1 aromatic heterocycles. The molecule has 0 aliphatic carbocycles. The Labute approximate surface area is 685 Å². The van der Waals surface area contributed by atoms with Crippen molar-refractivity contribution in [2.24, 2.45) is 50.2 Å². The fraction of sp³-hybridized carbons (Fsp3) is 0.707. The molecule has 5 heterocycles. The van der Waals surface area contributed by atoms with Crippen molar-refractivity contribution in [3.05, 3.63) is 23.9 Å². The second-order valence-electron chi connectivity index (χ2n) is 30.1. The van der Waals surface area contributed by atoms with Crippen molar-refractivity contribution in [2.45, 2.75) is 272 Å². The number of aromatic nitrogens is 1. The lowest BCUT2D eigenvalue weighted by atomic mass is 10.0. The molecule has 4 aliphatic rings. The molecule has 13 unspecified atom stereocenters. The van der Waals surface area contributed by atoms with Crippen LogP contribution in [-0.2, 0) is 67.1 Å². The zero-order chi connectivity index (χ0) is 87.0. The van der Waals surface area contributed by atoms with Crippen LogP contribution in [0, 0.1) is 0 Å². The van der Waals surface area contributed by atoms with Crippen LogP contribution in [0.3, 0.4) is 0 Å². The highest BCUT2D eigenvalue weighted by atomic mass is 16.4. The molecule has 118 heavy (non-hydrogen) atoms. The van der Waals surface area contributed by atoms with Gasteiger partial charge in [0, 0.05) is 77.8 Å². The molecule has 0 bridgehead atoms. The number of hydrogen-bond donors (Lipinski definition) is 21. The third-order valence-corrected chi connectivity index (χ3v) is 21.0. The van der Waals surface area contributed by atoms with Crippen LogP contribution in [0.5, 0.6) is 0 Å². The first-order valence-corrected chi connectivity index (χ1v) is 40.9. The van der Waals surface area contributed by atoms with Crippen LogP contribution in [0.4, 0.5) is 5.82 Å². The molecule has 5 rings (SSSR count). The highest BCUT2D eigenvalue weighted by Gasteiger charge is 2.47. The van der Waals surface area contributed by atoms with E-state index in [1.165, 1.54) is 51.8 Å². The SMILES string of the molecule is CC(O)C(NC(=O)CCCCCNC(=O)CCC(NC(=O)c1ccc(NN)nc1)C(=O)NCCCCCC(=O)NC(C(=O)NC(CCCCN)C(=O)N1CCCC1C(=O)N1CCCC1C(=O)NC(CCCN=C(N)N)C(=O)O)C(C)O)C(=O)NC(CCCCN)C(=O)N1CCCC1C(=O)N1CCCC1C(=O)NC(CCCN=C(N)N)C(=O)O. The van der Waals surface area contributed by atoms with Gasteiger partial charge in [0.05, 0.1) is 17.8 Å². The molecule has 13 amide bonds. The lowest BCUT2D eigenvalue weighted by Crippen LogP contribution is -2.59. The smallest absolute Gasteiger partial charge is 0.326 e. The van der Waals surface area contributed by atoms with Gasteiger partial charge in [0.25, 0.3) is 5.91 Å². The van der Waals surface area contributed by atoms with E-state index >= 15 is 0 Å². The van der Waals surface area contributed by atoms with Gasteiger partial charge in [0.15, 0.2) is 11.9 Å². The summed E-state index contributed by atoms with van der Waals surface area (Å²) >= 11 is 0. The summed E-state index contributed by atoms with van der Waals surface area (Å²) < 4.78 is 0. The number of aliphatic hydroxyl groups excluding tert-OH is 2. The maximum absolute atomic E-state index is 14.4. The van der Waals surface area contributed by atoms with E-state index < -0.39 is 167 Å². The second kappa shape index (κ2) is 51.5. The number of nitrogen functional groups attached to an aromatic ring is 1. The molecular formula is C75H126N24O19. The molecule has 0 saturated carbocycles. The van der Waals surface area contributed by atoms with Crippen LogP contribution in [0.1, 0.15) is 204 Å². The largest absolute Gasteiger partial charge is 0.480 e. The lowest BCUT2D eigenvalue weighted by molar-refractivity contribution is -0.149. The first kappa shape index (κ1) is 97.9. The van der Waals surface area contributed by atoms with Crippen molar-refractivity contribution >= 4 is 106 Å². The van der Waals surface area contributed by atoms with Crippen molar-refractivity contribution in [3.8, 4) is 0 Å². The number of anilines is 1. The Morgan fingerprint density at radius 1 is 0.449 bits per heavy atom. The summed E-state index contributed by atoms with van der Waals surface area (Å²) in [6, 6.07) is -10.4. The van der Waals surface area contributed by atoms with Gasteiger partial charge in [0.1, 0.15) is 72.3 Å². The Balaban J connectivity index is 1.08. The molecule has 660 valence electrons. The average molecular weight is 1670 g/mol. The molecule has 13 atom stereocenters. The van der Waals surface area contributed by atoms with Gasteiger partial charge in [-0.25, -0.2) is 20.4 Å². The number of nitrogens with zero attached hydrogens (tertiary/aromatic N) is 7. The Bertz CT molecular complexity index is 3590. The number of aliphatic hydroxyl groups is 2. The number of carbonyl (C=O) groups excluding carboxylic acids is 13. The van der Waals surface area contributed by atoms with Crippen molar-refractivity contribution in [1.29, 1.82) is 0 Å². The monoisotopic (exact) mass is 1670 g/mol. The lowest BCUT2D eigenvalue weighted by Gasteiger charge is -2.33. The first-order valence-electron chi connectivity index (χ1n) is 40.9. The number of rotatable bonds is 53. The number of carboxylic acids is 2. The minimum Gasteiger partial charge on any atom is -0.480 e. The van der Waals surface area contributed by atoms with Crippen LogP contribution in [0.2, 0.25) is 0 Å². The normalized spacial score (nSPS) is 18.6. The van der Waals surface area contributed by atoms with Gasteiger partial charge in [-0.1, -0.05) is 12.8 Å².